The first-order valence-corrected chi connectivity index (χ1v) is 6.64. The summed E-state index contributed by atoms with van der Waals surface area (Å²) in [7, 11) is 0. The lowest BCUT2D eigenvalue weighted by Gasteiger charge is -2.38. The molecule has 1 aliphatic heterocycles. The summed E-state index contributed by atoms with van der Waals surface area (Å²) in [4.78, 5) is 2.58. The highest BCUT2D eigenvalue weighted by molar-refractivity contribution is 4.83. The van der Waals surface area contributed by atoms with Gasteiger partial charge in [0.2, 0.25) is 0 Å². The lowest BCUT2D eigenvalue weighted by Crippen LogP contribution is -2.50. The van der Waals surface area contributed by atoms with Gasteiger partial charge in [0.25, 0.3) is 0 Å². The van der Waals surface area contributed by atoms with E-state index >= 15 is 0 Å². The van der Waals surface area contributed by atoms with E-state index in [1.165, 1.54) is 38.6 Å². The minimum atomic E-state index is 0.396. The fourth-order valence-electron chi connectivity index (χ4n) is 2.40. The van der Waals surface area contributed by atoms with Crippen molar-refractivity contribution in [2.45, 2.75) is 65.0 Å². The molecule has 0 amide bonds. The summed E-state index contributed by atoms with van der Waals surface area (Å²) in [5.41, 5.74) is 6.12. The highest BCUT2D eigenvalue weighted by atomic mass is 15.2. The van der Waals surface area contributed by atoms with Gasteiger partial charge in [0.1, 0.15) is 0 Å². The van der Waals surface area contributed by atoms with E-state index in [1.807, 2.05) is 0 Å². The van der Waals surface area contributed by atoms with Crippen LogP contribution in [0.1, 0.15) is 52.9 Å². The summed E-state index contributed by atoms with van der Waals surface area (Å²) in [6.07, 6.45) is 6.69. The van der Waals surface area contributed by atoms with Crippen molar-refractivity contribution in [3.63, 3.8) is 0 Å². The van der Waals surface area contributed by atoms with Gasteiger partial charge in [0, 0.05) is 18.6 Å². The van der Waals surface area contributed by atoms with Crippen molar-refractivity contribution in [1.82, 2.24) is 4.90 Å². The number of rotatable bonds is 5. The van der Waals surface area contributed by atoms with Crippen LogP contribution in [0.15, 0.2) is 0 Å². The van der Waals surface area contributed by atoms with E-state index in [4.69, 9.17) is 5.73 Å². The van der Waals surface area contributed by atoms with Crippen molar-refractivity contribution in [2.24, 2.45) is 11.7 Å². The number of nitrogens with two attached hydrogens (primary N) is 1. The zero-order valence-corrected chi connectivity index (χ0v) is 10.7. The van der Waals surface area contributed by atoms with Crippen molar-refractivity contribution in [2.75, 3.05) is 13.1 Å². The second-order valence-electron chi connectivity index (χ2n) is 5.27. The Bertz CT molecular complexity index is 170. The van der Waals surface area contributed by atoms with Crippen LogP contribution in [0, 0.1) is 5.92 Å². The zero-order chi connectivity index (χ0) is 11.3. The molecule has 0 spiro atoms. The second-order valence-corrected chi connectivity index (χ2v) is 5.27. The maximum atomic E-state index is 6.12. The van der Waals surface area contributed by atoms with Crippen molar-refractivity contribution >= 4 is 0 Å². The number of likely N-dealkylation sites (tertiary alicyclic amines) is 1. The first kappa shape index (κ1) is 13.0. The van der Waals surface area contributed by atoms with Crippen molar-refractivity contribution in [3.05, 3.63) is 0 Å². The Kier molecular flexibility index (Phi) is 5.62. The molecule has 3 atom stereocenters. The van der Waals surface area contributed by atoms with Gasteiger partial charge < -0.3 is 5.73 Å². The number of hydrogen-bond donors (Lipinski definition) is 1. The minimum Gasteiger partial charge on any atom is -0.326 e. The lowest BCUT2D eigenvalue weighted by atomic mass is 9.93. The Morgan fingerprint density at radius 1 is 1.40 bits per heavy atom. The molecule has 15 heavy (non-hydrogen) atoms. The Balaban J connectivity index is 2.24. The van der Waals surface area contributed by atoms with Gasteiger partial charge in [-0.1, -0.05) is 33.1 Å². The van der Waals surface area contributed by atoms with Crippen molar-refractivity contribution < 1.29 is 0 Å². The van der Waals surface area contributed by atoms with Gasteiger partial charge in [-0.25, -0.2) is 0 Å². The fourth-order valence-corrected chi connectivity index (χ4v) is 2.40. The van der Waals surface area contributed by atoms with Gasteiger partial charge in [-0.15, -0.1) is 0 Å². The Morgan fingerprint density at radius 2 is 2.13 bits per heavy atom. The van der Waals surface area contributed by atoms with E-state index in [9.17, 15) is 0 Å². The van der Waals surface area contributed by atoms with Crippen LogP contribution in [0.5, 0.6) is 0 Å². The topological polar surface area (TPSA) is 29.3 Å². The van der Waals surface area contributed by atoms with Gasteiger partial charge in [-0.3, -0.25) is 4.90 Å². The largest absolute Gasteiger partial charge is 0.326 e. The maximum Gasteiger partial charge on any atom is 0.0194 e. The van der Waals surface area contributed by atoms with Gasteiger partial charge in [-0.05, 0) is 32.2 Å². The molecule has 0 aromatic carbocycles. The highest BCUT2D eigenvalue weighted by Crippen LogP contribution is 2.19. The standard InChI is InChI=1S/C13H28N2/c1-4-5-6-7-12(3)15-9-8-11(2)13(14)10-15/h11-13H,4-10,14H2,1-3H3. The van der Waals surface area contributed by atoms with Crippen LogP contribution in [0.3, 0.4) is 0 Å². The molecule has 0 aromatic heterocycles. The van der Waals surface area contributed by atoms with Crippen LogP contribution in [-0.2, 0) is 0 Å². The number of hydrogen-bond acceptors (Lipinski definition) is 2. The molecular formula is C13H28N2. The van der Waals surface area contributed by atoms with Crippen LogP contribution in [0.25, 0.3) is 0 Å². The molecular weight excluding hydrogens is 184 g/mol. The predicted octanol–water partition coefficient (Wildman–Crippen LogP) is 2.62. The summed E-state index contributed by atoms with van der Waals surface area (Å²) in [6.45, 7) is 9.27. The maximum absolute atomic E-state index is 6.12. The summed E-state index contributed by atoms with van der Waals surface area (Å²) in [5.74, 6) is 0.712. The Morgan fingerprint density at radius 3 is 2.73 bits per heavy atom. The molecule has 1 aliphatic rings. The molecule has 0 aliphatic carbocycles. The van der Waals surface area contributed by atoms with Crippen molar-refractivity contribution in [1.29, 1.82) is 0 Å². The van der Waals surface area contributed by atoms with Crippen LogP contribution in [0.4, 0.5) is 0 Å². The van der Waals surface area contributed by atoms with E-state index in [-0.39, 0.29) is 0 Å². The molecule has 2 N–H and O–H groups in total. The average Bonchev–Trinajstić information content (AvgIpc) is 2.22. The van der Waals surface area contributed by atoms with Gasteiger partial charge in [-0.2, -0.15) is 0 Å². The number of unbranched alkanes of at least 4 members (excludes halogenated alkanes) is 2. The van der Waals surface area contributed by atoms with E-state index in [0.717, 1.165) is 12.6 Å². The number of nitrogens with zero attached hydrogens (tertiary/aromatic N) is 1. The van der Waals surface area contributed by atoms with Crippen LogP contribution < -0.4 is 5.73 Å². The fraction of sp³-hybridized carbons (Fsp3) is 1.00. The molecule has 2 nitrogen and oxygen atoms in total. The van der Waals surface area contributed by atoms with E-state index < -0.39 is 0 Å². The molecule has 1 saturated heterocycles. The molecule has 1 heterocycles. The first-order chi connectivity index (χ1) is 7.15. The molecule has 3 unspecified atom stereocenters. The van der Waals surface area contributed by atoms with Gasteiger partial charge >= 0.3 is 0 Å². The summed E-state index contributed by atoms with van der Waals surface area (Å²) >= 11 is 0. The predicted molar refractivity (Wildman–Crippen MR) is 66.9 cm³/mol. The minimum absolute atomic E-state index is 0.396. The molecule has 1 fully saturated rings. The third-order valence-electron chi connectivity index (χ3n) is 3.90. The van der Waals surface area contributed by atoms with Crippen LogP contribution in [0.2, 0.25) is 0 Å². The highest BCUT2D eigenvalue weighted by Gasteiger charge is 2.25. The Labute approximate surface area is 95.2 Å². The molecule has 90 valence electrons. The van der Waals surface area contributed by atoms with E-state index in [0.29, 0.717) is 12.0 Å². The van der Waals surface area contributed by atoms with Crippen LogP contribution >= 0.6 is 0 Å². The molecule has 2 heteroatoms. The first-order valence-electron chi connectivity index (χ1n) is 6.64. The SMILES string of the molecule is CCCCCC(C)N1CCC(C)C(N)C1. The van der Waals surface area contributed by atoms with E-state index in [2.05, 4.69) is 25.7 Å². The monoisotopic (exact) mass is 212 g/mol. The molecule has 0 bridgehead atoms. The smallest absolute Gasteiger partial charge is 0.0194 e. The molecule has 0 saturated carbocycles. The molecule has 1 rings (SSSR count). The quantitative estimate of drug-likeness (QED) is 0.710. The number of piperidine rings is 1. The average molecular weight is 212 g/mol. The van der Waals surface area contributed by atoms with E-state index in [1.54, 1.807) is 0 Å². The normalized spacial score (nSPS) is 30.4. The van der Waals surface area contributed by atoms with Gasteiger partial charge in [0.05, 0.1) is 0 Å². The Hall–Kier alpha value is -0.0800. The summed E-state index contributed by atoms with van der Waals surface area (Å²) < 4.78 is 0. The lowest BCUT2D eigenvalue weighted by molar-refractivity contribution is 0.122. The molecule has 0 radical (unpaired) electrons. The van der Waals surface area contributed by atoms with Crippen molar-refractivity contribution in [3.8, 4) is 0 Å². The second kappa shape index (κ2) is 6.49. The zero-order valence-electron chi connectivity index (χ0n) is 10.7. The van der Waals surface area contributed by atoms with Crippen LogP contribution in [-0.4, -0.2) is 30.1 Å². The summed E-state index contributed by atoms with van der Waals surface area (Å²) in [5, 5.41) is 0. The summed E-state index contributed by atoms with van der Waals surface area (Å²) in [6, 6.07) is 1.13. The van der Waals surface area contributed by atoms with Gasteiger partial charge in [0.15, 0.2) is 0 Å². The third kappa shape index (κ3) is 4.12. The molecule has 0 aromatic rings. The third-order valence-corrected chi connectivity index (χ3v) is 3.90.